The lowest BCUT2D eigenvalue weighted by atomic mass is 10.1. The fourth-order valence-electron chi connectivity index (χ4n) is 1.88. The van der Waals surface area contributed by atoms with Crippen molar-refractivity contribution in [3.63, 3.8) is 0 Å². The van der Waals surface area contributed by atoms with Crippen LogP contribution >= 0.6 is 0 Å². The van der Waals surface area contributed by atoms with Gasteiger partial charge in [-0.25, -0.2) is 4.39 Å². The molecule has 6 nitrogen and oxygen atoms in total. The average Bonchev–Trinajstić information content (AvgIpc) is 2.89. The molecule has 0 spiro atoms. The summed E-state index contributed by atoms with van der Waals surface area (Å²) in [4.78, 5) is 21.7. The van der Waals surface area contributed by atoms with Gasteiger partial charge >= 0.3 is 0 Å². The lowest BCUT2D eigenvalue weighted by Crippen LogP contribution is -2.30. The number of halogens is 1. The molecule has 1 unspecified atom stereocenters. The summed E-state index contributed by atoms with van der Waals surface area (Å²) >= 11 is 0. The molecule has 0 bridgehead atoms. The Bertz CT molecular complexity index is 501. The zero-order valence-electron chi connectivity index (χ0n) is 10.1. The second-order valence-electron chi connectivity index (χ2n) is 4.36. The number of ether oxygens (including phenoxy) is 1. The maximum Gasteiger partial charge on any atom is 0.270 e. The maximum absolute atomic E-state index is 13.5. The predicted molar refractivity (Wildman–Crippen MR) is 64.3 cm³/mol. The van der Waals surface area contributed by atoms with Crippen LogP contribution in [0.3, 0.4) is 0 Å². The third kappa shape index (κ3) is 3.25. The van der Waals surface area contributed by atoms with Crippen LogP contribution in [0, 0.1) is 21.8 Å². The molecule has 0 radical (unpaired) electrons. The van der Waals surface area contributed by atoms with E-state index in [0.717, 1.165) is 24.6 Å². The summed E-state index contributed by atoms with van der Waals surface area (Å²) in [6, 6.07) is 2.89. The normalized spacial score (nSPS) is 18.3. The van der Waals surface area contributed by atoms with E-state index in [-0.39, 0.29) is 17.2 Å². The number of nitrogens with one attached hydrogen (secondary N) is 1. The molecule has 19 heavy (non-hydrogen) atoms. The van der Waals surface area contributed by atoms with Crippen LogP contribution in [0.15, 0.2) is 18.2 Å². The van der Waals surface area contributed by atoms with E-state index in [4.69, 9.17) is 4.74 Å². The molecule has 1 aromatic rings. The van der Waals surface area contributed by atoms with Crippen molar-refractivity contribution in [2.75, 3.05) is 19.8 Å². The van der Waals surface area contributed by atoms with Crippen LogP contribution in [0.4, 0.5) is 10.1 Å². The van der Waals surface area contributed by atoms with Crippen LogP contribution < -0.4 is 5.32 Å². The summed E-state index contributed by atoms with van der Waals surface area (Å²) in [5.41, 5.74) is -0.621. The lowest BCUT2D eigenvalue weighted by molar-refractivity contribution is -0.384. The number of nitro benzene ring substituents is 1. The minimum atomic E-state index is -0.772. The Hall–Kier alpha value is -2.02. The second kappa shape index (κ2) is 5.75. The van der Waals surface area contributed by atoms with Crippen molar-refractivity contribution in [2.45, 2.75) is 6.42 Å². The number of rotatable bonds is 4. The van der Waals surface area contributed by atoms with Crippen molar-refractivity contribution >= 4 is 11.6 Å². The summed E-state index contributed by atoms with van der Waals surface area (Å²) in [5, 5.41) is 13.2. The second-order valence-corrected chi connectivity index (χ2v) is 4.36. The average molecular weight is 268 g/mol. The molecule has 102 valence electrons. The molecule has 7 heteroatoms. The molecule has 1 aromatic carbocycles. The van der Waals surface area contributed by atoms with Gasteiger partial charge in [0, 0.05) is 31.2 Å². The van der Waals surface area contributed by atoms with Gasteiger partial charge in [0.05, 0.1) is 17.1 Å². The fraction of sp³-hybridized carbons (Fsp3) is 0.417. The van der Waals surface area contributed by atoms with E-state index in [9.17, 15) is 19.3 Å². The van der Waals surface area contributed by atoms with Crippen LogP contribution in [0.25, 0.3) is 0 Å². The summed E-state index contributed by atoms with van der Waals surface area (Å²) in [6.45, 7) is 1.60. The Morgan fingerprint density at radius 2 is 2.37 bits per heavy atom. The van der Waals surface area contributed by atoms with Gasteiger partial charge in [0.25, 0.3) is 11.6 Å². The first kappa shape index (κ1) is 13.4. The molecule has 0 saturated carbocycles. The summed E-state index contributed by atoms with van der Waals surface area (Å²) in [7, 11) is 0. The van der Waals surface area contributed by atoms with Crippen LogP contribution in [0.5, 0.6) is 0 Å². The molecule has 0 aromatic heterocycles. The highest BCUT2D eigenvalue weighted by atomic mass is 19.1. The maximum atomic E-state index is 13.5. The van der Waals surface area contributed by atoms with Crippen molar-refractivity contribution in [2.24, 2.45) is 5.92 Å². The first-order valence-electron chi connectivity index (χ1n) is 5.88. The molecular weight excluding hydrogens is 255 g/mol. The van der Waals surface area contributed by atoms with Crippen molar-refractivity contribution in [1.82, 2.24) is 5.32 Å². The minimum absolute atomic E-state index is 0.214. The highest BCUT2D eigenvalue weighted by Crippen LogP contribution is 2.17. The van der Waals surface area contributed by atoms with Gasteiger partial charge in [0.2, 0.25) is 0 Å². The SMILES string of the molecule is O=C(NCC1CCOC1)c1cc([N+](=O)[O-])ccc1F. The summed E-state index contributed by atoms with van der Waals surface area (Å²) in [6.07, 6.45) is 0.845. The Balaban J connectivity index is 2.04. The molecule has 1 atom stereocenters. The summed E-state index contributed by atoms with van der Waals surface area (Å²) in [5.74, 6) is -1.20. The zero-order valence-corrected chi connectivity index (χ0v) is 10.1. The first-order chi connectivity index (χ1) is 9.08. The number of non-ortho nitro benzene ring substituents is 1. The molecule has 1 heterocycles. The molecule has 0 aliphatic carbocycles. The number of benzene rings is 1. The van der Waals surface area contributed by atoms with Crippen LogP contribution in [0.2, 0.25) is 0 Å². The third-order valence-electron chi connectivity index (χ3n) is 2.98. The highest BCUT2D eigenvalue weighted by molar-refractivity contribution is 5.95. The number of hydrogen-bond acceptors (Lipinski definition) is 4. The van der Waals surface area contributed by atoms with Gasteiger partial charge < -0.3 is 10.1 Å². The Morgan fingerprint density at radius 3 is 3.00 bits per heavy atom. The van der Waals surface area contributed by atoms with Crippen molar-refractivity contribution in [3.8, 4) is 0 Å². The molecule has 1 N–H and O–H groups in total. The van der Waals surface area contributed by atoms with E-state index in [1.807, 2.05) is 0 Å². The van der Waals surface area contributed by atoms with E-state index in [1.165, 1.54) is 0 Å². The Labute approximate surface area is 108 Å². The monoisotopic (exact) mass is 268 g/mol. The molecule has 2 rings (SSSR count). The standard InChI is InChI=1S/C12H13FN2O4/c13-11-2-1-9(15(17)18)5-10(11)12(16)14-6-8-3-4-19-7-8/h1-2,5,8H,3-4,6-7H2,(H,14,16). The fourth-order valence-corrected chi connectivity index (χ4v) is 1.88. The van der Waals surface area contributed by atoms with E-state index in [0.29, 0.717) is 19.8 Å². The molecular formula is C12H13FN2O4. The molecule has 1 amide bonds. The van der Waals surface area contributed by atoms with Gasteiger partial charge in [-0.2, -0.15) is 0 Å². The van der Waals surface area contributed by atoms with E-state index in [1.54, 1.807) is 0 Å². The molecule has 1 fully saturated rings. The number of nitrogens with zero attached hydrogens (tertiary/aromatic N) is 1. The highest BCUT2D eigenvalue weighted by Gasteiger charge is 2.20. The topological polar surface area (TPSA) is 81.5 Å². The van der Waals surface area contributed by atoms with Gasteiger partial charge in [-0.15, -0.1) is 0 Å². The predicted octanol–water partition coefficient (Wildman–Crippen LogP) is 1.50. The van der Waals surface area contributed by atoms with Gasteiger partial charge in [-0.1, -0.05) is 0 Å². The van der Waals surface area contributed by atoms with Gasteiger partial charge in [0.1, 0.15) is 5.82 Å². The Morgan fingerprint density at radius 1 is 1.58 bits per heavy atom. The molecule has 1 aliphatic heterocycles. The first-order valence-corrected chi connectivity index (χ1v) is 5.88. The van der Waals surface area contributed by atoms with Crippen LogP contribution in [-0.2, 0) is 4.74 Å². The number of carbonyl (C=O) groups is 1. The zero-order chi connectivity index (χ0) is 13.8. The molecule has 1 aliphatic rings. The van der Waals surface area contributed by atoms with Gasteiger partial charge in [-0.05, 0) is 12.5 Å². The number of hydrogen-bond donors (Lipinski definition) is 1. The number of nitro groups is 1. The molecule has 1 saturated heterocycles. The third-order valence-corrected chi connectivity index (χ3v) is 2.98. The van der Waals surface area contributed by atoms with Crippen LogP contribution in [0.1, 0.15) is 16.8 Å². The lowest BCUT2D eigenvalue weighted by Gasteiger charge is -2.09. The van der Waals surface area contributed by atoms with E-state index >= 15 is 0 Å². The van der Waals surface area contributed by atoms with Crippen molar-refractivity contribution < 1.29 is 18.8 Å². The number of carbonyl (C=O) groups excluding carboxylic acids is 1. The van der Waals surface area contributed by atoms with Crippen molar-refractivity contribution in [1.29, 1.82) is 0 Å². The summed E-state index contributed by atoms with van der Waals surface area (Å²) < 4.78 is 18.6. The minimum Gasteiger partial charge on any atom is -0.381 e. The Kier molecular flexibility index (Phi) is 4.06. The van der Waals surface area contributed by atoms with Crippen molar-refractivity contribution in [3.05, 3.63) is 39.7 Å². The smallest absolute Gasteiger partial charge is 0.270 e. The number of amides is 1. The van der Waals surface area contributed by atoms with E-state index in [2.05, 4.69) is 5.32 Å². The van der Waals surface area contributed by atoms with Crippen LogP contribution in [-0.4, -0.2) is 30.6 Å². The van der Waals surface area contributed by atoms with E-state index < -0.39 is 16.6 Å². The van der Waals surface area contributed by atoms with Gasteiger partial charge in [-0.3, -0.25) is 14.9 Å². The largest absolute Gasteiger partial charge is 0.381 e. The quantitative estimate of drug-likeness (QED) is 0.662. The van der Waals surface area contributed by atoms with Gasteiger partial charge in [0.15, 0.2) is 0 Å².